The Morgan fingerprint density at radius 1 is 1.28 bits per heavy atom. The highest BCUT2D eigenvalue weighted by Gasteiger charge is 2.35. The number of amides is 1. The lowest BCUT2D eigenvalue weighted by atomic mass is 9.92. The molecule has 1 amide bonds. The summed E-state index contributed by atoms with van der Waals surface area (Å²) in [5, 5.41) is 39.7. The molecule has 1 unspecified atom stereocenters. The third kappa shape index (κ3) is 6.53. The second kappa shape index (κ2) is 8.71. The molecule has 1 aromatic carbocycles. The number of aromatic hydroxyl groups is 2. The average Bonchev–Trinajstić information content (AvgIpc) is 2.50. The highest BCUT2D eigenvalue weighted by atomic mass is 16.9. The lowest BCUT2D eigenvalue weighted by molar-refractivity contribution is -0.757. The molecule has 138 valence electrons. The van der Waals surface area contributed by atoms with E-state index in [9.17, 15) is 35.0 Å². The first kappa shape index (κ1) is 20.0. The molecular formula is C15H20N2O8. The SMILES string of the molecule is CC(Cc1ccc(O)c(O)c1)(NC(=O)CCCCO[N+](=O)[O-])C(=O)O. The molecule has 0 heterocycles. The maximum atomic E-state index is 11.9. The number of aliphatic carboxylic acids is 1. The Hall–Kier alpha value is -3.04. The molecule has 0 aliphatic rings. The lowest BCUT2D eigenvalue weighted by Gasteiger charge is -2.26. The topological polar surface area (TPSA) is 159 Å². The van der Waals surface area contributed by atoms with Crippen molar-refractivity contribution >= 4 is 11.9 Å². The molecule has 10 nitrogen and oxygen atoms in total. The minimum Gasteiger partial charge on any atom is -0.504 e. The first-order valence-electron chi connectivity index (χ1n) is 7.46. The van der Waals surface area contributed by atoms with Crippen molar-refractivity contribution in [2.45, 2.75) is 38.1 Å². The number of phenols is 2. The van der Waals surface area contributed by atoms with Gasteiger partial charge in [0.1, 0.15) is 5.54 Å². The summed E-state index contributed by atoms with van der Waals surface area (Å²) in [6.45, 7) is 1.19. The van der Waals surface area contributed by atoms with Gasteiger partial charge in [0.15, 0.2) is 11.5 Å². The van der Waals surface area contributed by atoms with Crippen LogP contribution in [0.15, 0.2) is 18.2 Å². The highest BCUT2D eigenvalue weighted by Crippen LogP contribution is 2.27. The number of nitrogens with one attached hydrogen (secondary N) is 1. The average molecular weight is 356 g/mol. The monoisotopic (exact) mass is 356 g/mol. The van der Waals surface area contributed by atoms with E-state index in [0.29, 0.717) is 12.0 Å². The van der Waals surface area contributed by atoms with E-state index in [1.54, 1.807) is 0 Å². The van der Waals surface area contributed by atoms with Crippen LogP contribution < -0.4 is 5.32 Å². The van der Waals surface area contributed by atoms with Crippen LogP contribution in [0.4, 0.5) is 0 Å². The van der Waals surface area contributed by atoms with E-state index in [-0.39, 0.29) is 37.4 Å². The van der Waals surface area contributed by atoms with E-state index in [1.165, 1.54) is 25.1 Å². The highest BCUT2D eigenvalue weighted by molar-refractivity contribution is 5.87. The van der Waals surface area contributed by atoms with Gasteiger partial charge in [-0.25, -0.2) is 4.79 Å². The molecule has 0 bridgehead atoms. The molecule has 0 saturated carbocycles. The van der Waals surface area contributed by atoms with E-state index in [4.69, 9.17) is 0 Å². The zero-order chi connectivity index (χ0) is 19.0. The molecule has 4 N–H and O–H groups in total. The zero-order valence-electron chi connectivity index (χ0n) is 13.6. The van der Waals surface area contributed by atoms with Crippen molar-refractivity contribution in [2.75, 3.05) is 6.61 Å². The van der Waals surface area contributed by atoms with Crippen LogP contribution in [0.5, 0.6) is 11.5 Å². The van der Waals surface area contributed by atoms with E-state index < -0.39 is 22.5 Å². The van der Waals surface area contributed by atoms with Crippen LogP contribution in [0, 0.1) is 10.1 Å². The number of phenolic OH excluding ortho intramolecular Hbond substituents is 2. The minimum atomic E-state index is -1.61. The van der Waals surface area contributed by atoms with E-state index in [0.717, 1.165) is 0 Å². The summed E-state index contributed by atoms with van der Waals surface area (Å²) in [5.41, 5.74) is -1.20. The molecule has 25 heavy (non-hydrogen) atoms. The number of unbranched alkanes of at least 4 members (excludes halogenated alkanes) is 1. The fourth-order valence-corrected chi connectivity index (χ4v) is 2.16. The number of carbonyl (C=O) groups is 2. The molecule has 0 saturated heterocycles. The standard InChI is InChI=1S/C15H20N2O8/c1-15(14(21)22,9-10-5-6-11(18)12(19)8-10)16-13(20)4-2-3-7-25-17(23)24/h5-6,8,18-19H,2-4,7,9H2,1H3,(H,16,20)(H,21,22). The molecule has 0 aromatic heterocycles. The Bertz CT molecular complexity index is 648. The number of carboxylic acid groups (broad SMARTS) is 1. The molecule has 0 aliphatic carbocycles. The maximum absolute atomic E-state index is 11.9. The molecule has 1 aromatic rings. The van der Waals surface area contributed by atoms with Crippen molar-refractivity contribution in [1.82, 2.24) is 5.32 Å². The van der Waals surface area contributed by atoms with Crippen molar-refractivity contribution in [1.29, 1.82) is 0 Å². The van der Waals surface area contributed by atoms with Crippen LogP contribution in [0.3, 0.4) is 0 Å². The predicted molar refractivity (Wildman–Crippen MR) is 84.5 cm³/mol. The van der Waals surface area contributed by atoms with Crippen molar-refractivity contribution < 1.29 is 34.8 Å². The second-order valence-corrected chi connectivity index (χ2v) is 5.70. The van der Waals surface area contributed by atoms with Crippen LogP contribution in [-0.4, -0.2) is 44.4 Å². The van der Waals surface area contributed by atoms with Crippen molar-refractivity contribution in [3.8, 4) is 11.5 Å². The summed E-state index contributed by atoms with van der Waals surface area (Å²) in [6.07, 6.45) is 0.469. The second-order valence-electron chi connectivity index (χ2n) is 5.70. The zero-order valence-corrected chi connectivity index (χ0v) is 13.6. The first-order chi connectivity index (χ1) is 11.6. The van der Waals surface area contributed by atoms with Gasteiger partial charge in [-0.15, -0.1) is 10.1 Å². The van der Waals surface area contributed by atoms with E-state index in [2.05, 4.69) is 10.2 Å². The van der Waals surface area contributed by atoms with Crippen molar-refractivity contribution in [3.63, 3.8) is 0 Å². The third-order valence-corrected chi connectivity index (χ3v) is 3.48. The van der Waals surface area contributed by atoms with Gasteiger partial charge in [-0.3, -0.25) is 4.79 Å². The first-order valence-corrected chi connectivity index (χ1v) is 7.46. The Balaban J connectivity index is 2.62. The molecule has 1 rings (SSSR count). The number of rotatable bonds is 10. The summed E-state index contributed by atoms with van der Waals surface area (Å²) >= 11 is 0. The van der Waals surface area contributed by atoms with Gasteiger partial charge in [-0.2, -0.15) is 0 Å². The Kier molecular flexibility index (Phi) is 6.97. The molecular weight excluding hydrogens is 336 g/mol. The van der Waals surface area contributed by atoms with Crippen molar-refractivity contribution in [3.05, 3.63) is 33.9 Å². The Morgan fingerprint density at radius 2 is 1.96 bits per heavy atom. The van der Waals surface area contributed by atoms with Crippen LogP contribution in [-0.2, 0) is 20.8 Å². The summed E-state index contributed by atoms with van der Waals surface area (Å²) in [4.78, 5) is 37.6. The lowest BCUT2D eigenvalue weighted by Crippen LogP contribution is -2.53. The predicted octanol–water partition coefficient (Wildman–Crippen LogP) is 0.978. The summed E-state index contributed by atoms with van der Waals surface area (Å²) in [5.74, 6) is -2.50. The fourth-order valence-electron chi connectivity index (χ4n) is 2.16. The van der Waals surface area contributed by atoms with Crippen LogP contribution in [0.2, 0.25) is 0 Å². The van der Waals surface area contributed by atoms with Gasteiger partial charge in [-0.05, 0) is 37.5 Å². The number of nitrogens with zero attached hydrogens (tertiary/aromatic N) is 1. The normalized spacial score (nSPS) is 12.8. The number of carbonyl (C=O) groups excluding carboxylic acids is 1. The molecule has 10 heteroatoms. The third-order valence-electron chi connectivity index (χ3n) is 3.48. The van der Waals surface area contributed by atoms with Crippen LogP contribution in [0.1, 0.15) is 31.7 Å². The number of hydrogen-bond donors (Lipinski definition) is 4. The Morgan fingerprint density at radius 3 is 2.52 bits per heavy atom. The van der Waals surface area contributed by atoms with Gasteiger partial charge < -0.3 is 25.5 Å². The van der Waals surface area contributed by atoms with Gasteiger partial charge in [0, 0.05) is 12.8 Å². The number of benzene rings is 1. The van der Waals surface area contributed by atoms with Crippen molar-refractivity contribution in [2.24, 2.45) is 0 Å². The molecule has 1 atom stereocenters. The number of carboxylic acids is 1. The van der Waals surface area contributed by atoms with Crippen LogP contribution >= 0.6 is 0 Å². The largest absolute Gasteiger partial charge is 0.504 e. The molecule has 0 fully saturated rings. The fraction of sp³-hybridized carbons (Fsp3) is 0.467. The smallest absolute Gasteiger partial charge is 0.329 e. The van der Waals surface area contributed by atoms with Gasteiger partial charge in [0.2, 0.25) is 5.91 Å². The quantitative estimate of drug-likeness (QED) is 0.209. The van der Waals surface area contributed by atoms with E-state index >= 15 is 0 Å². The molecule has 0 spiro atoms. The number of hydrogen-bond acceptors (Lipinski definition) is 7. The van der Waals surface area contributed by atoms with Gasteiger partial charge in [-0.1, -0.05) is 6.07 Å². The summed E-state index contributed by atoms with van der Waals surface area (Å²) in [6, 6.07) is 3.89. The van der Waals surface area contributed by atoms with Gasteiger partial charge in [0.25, 0.3) is 5.09 Å². The van der Waals surface area contributed by atoms with Crippen LogP contribution in [0.25, 0.3) is 0 Å². The molecule has 0 radical (unpaired) electrons. The van der Waals surface area contributed by atoms with E-state index in [1.807, 2.05) is 0 Å². The Labute approximate surface area is 143 Å². The van der Waals surface area contributed by atoms with Gasteiger partial charge in [0.05, 0.1) is 6.61 Å². The summed E-state index contributed by atoms with van der Waals surface area (Å²) < 4.78 is 0. The maximum Gasteiger partial charge on any atom is 0.329 e. The molecule has 0 aliphatic heterocycles. The minimum absolute atomic E-state index is 0.00915. The summed E-state index contributed by atoms with van der Waals surface area (Å²) in [7, 11) is 0. The van der Waals surface area contributed by atoms with Gasteiger partial charge >= 0.3 is 5.97 Å².